The molecule has 0 aliphatic heterocycles. The van der Waals surface area contributed by atoms with E-state index in [2.05, 4.69) is 4.74 Å². The van der Waals surface area contributed by atoms with Crippen molar-refractivity contribution in [2.24, 2.45) is 0 Å². The lowest BCUT2D eigenvalue weighted by atomic mass is 10.1. The van der Waals surface area contributed by atoms with Gasteiger partial charge in [-0.05, 0) is 13.8 Å². The van der Waals surface area contributed by atoms with Crippen molar-refractivity contribution >= 4 is 11.8 Å². The van der Waals surface area contributed by atoms with Crippen LogP contribution in [0.5, 0.6) is 0 Å². The summed E-state index contributed by atoms with van der Waals surface area (Å²) in [5.41, 5.74) is -1.01. The molecule has 0 aliphatic carbocycles. The molecule has 0 bridgehead atoms. The van der Waals surface area contributed by atoms with E-state index in [0.717, 1.165) is 13.3 Å². The van der Waals surface area contributed by atoms with Gasteiger partial charge in [-0.15, -0.1) is 0 Å². The molecule has 0 heterocycles. The Bertz CT molecular complexity index is 319. The Labute approximate surface area is 97.0 Å². The molecule has 0 aromatic carbocycles. The van der Waals surface area contributed by atoms with Crippen molar-refractivity contribution in [2.75, 3.05) is 20.2 Å². The van der Waals surface area contributed by atoms with Gasteiger partial charge in [-0.1, -0.05) is 0 Å². The Morgan fingerprint density at radius 2 is 1.71 bits per heavy atom. The van der Waals surface area contributed by atoms with Crippen LogP contribution in [0.1, 0.15) is 13.8 Å². The van der Waals surface area contributed by atoms with Crippen LogP contribution < -0.4 is 0 Å². The number of methoxy groups -OCH3 is 1. The minimum absolute atomic E-state index is 0.377. The average molecular weight is 253 g/mol. The number of alkyl halides is 3. The van der Waals surface area contributed by atoms with Gasteiger partial charge in [0.2, 0.25) is 0 Å². The first-order chi connectivity index (χ1) is 7.77. The average Bonchev–Trinajstić information content (AvgIpc) is 2.28. The number of rotatable bonds is 5. The predicted octanol–water partition coefficient (Wildman–Crippen LogP) is 1.52. The van der Waals surface area contributed by atoms with Crippen LogP contribution in [0.25, 0.3) is 0 Å². The fourth-order valence-electron chi connectivity index (χ4n) is 1.06. The molecule has 98 valence electrons. The highest BCUT2D eigenvalue weighted by Crippen LogP contribution is 2.21. The highest BCUT2D eigenvalue weighted by Gasteiger charge is 2.43. The van der Waals surface area contributed by atoms with Crippen LogP contribution in [0, 0.1) is 0 Å². The standard InChI is InChI=1S/C10H14F3NO3/c1-4-14(5-2)6-7(9(16)17-3)8(15)10(11,12)13/h6H,4-5H2,1-3H3. The molecule has 0 atom stereocenters. The van der Waals surface area contributed by atoms with E-state index in [9.17, 15) is 22.8 Å². The topological polar surface area (TPSA) is 46.6 Å². The number of esters is 1. The van der Waals surface area contributed by atoms with Gasteiger partial charge in [0.25, 0.3) is 5.78 Å². The highest BCUT2D eigenvalue weighted by molar-refractivity contribution is 6.19. The van der Waals surface area contributed by atoms with Gasteiger partial charge in [0.15, 0.2) is 0 Å². The van der Waals surface area contributed by atoms with Crippen molar-refractivity contribution in [2.45, 2.75) is 20.0 Å². The lowest BCUT2D eigenvalue weighted by Gasteiger charge is -2.17. The highest BCUT2D eigenvalue weighted by atomic mass is 19.4. The number of ether oxygens (including phenoxy) is 1. The van der Waals surface area contributed by atoms with Crippen LogP contribution in [0.4, 0.5) is 13.2 Å². The van der Waals surface area contributed by atoms with Gasteiger partial charge >= 0.3 is 12.1 Å². The first kappa shape index (κ1) is 15.5. The van der Waals surface area contributed by atoms with Gasteiger partial charge in [-0.3, -0.25) is 4.79 Å². The van der Waals surface area contributed by atoms with Crippen molar-refractivity contribution in [3.05, 3.63) is 11.8 Å². The molecule has 0 spiro atoms. The van der Waals surface area contributed by atoms with E-state index >= 15 is 0 Å². The van der Waals surface area contributed by atoms with Gasteiger partial charge in [0.1, 0.15) is 5.57 Å². The monoisotopic (exact) mass is 253 g/mol. The summed E-state index contributed by atoms with van der Waals surface area (Å²) in [5.74, 6) is -3.49. The third-order valence-corrected chi connectivity index (χ3v) is 2.03. The van der Waals surface area contributed by atoms with Gasteiger partial charge < -0.3 is 9.64 Å². The van der Waals surface area contributed by atoms with Crippen molar-refractivity contribution < 1.29 is 27.5 Å². The first-order valence-electron chi connectivity index (χ1n) is 4.93. The van der Waals surface area contributed by atoms with Gasteiger partial charge in [0, 0.05) is 19.3 Å². The quantitative estimate of drug-likeness (QED) is 0.322. The Morgan fingerprint density at radius 1 is 1.24 bits per heavy atom. The normalized spacial score (nSPS) is 12.2. The molecule has 0 aromatic heterocycles. The molecule has 0 saturated heterocycles. The number of hydrogen-bond donors (Lipinski definition) is 0. The maximum absolute atomic E-state index is 12.2. The first-order valence-corrected chi connectivity index (χ1v) is 4.93. The van der Waals surface area contributed by atoms with Crippen LogP contribution in [-0.4, -0.2) is 43.0 Å². The van der Waals surface area contributed by atoms with E-state index in [0.29, 0.717) is 13.1 Å². The number of carbonyl (C=O) groups excluding carboxylic acids is 2. The van der Waals surface area contributed by atoms with E-state index in [1.54, 1.807) is 13.8 Å². The molecule has 0 N–H and O–H groups in total. The van der Waals surface area contributed by atoms with E-state index in [1.165, 1.54) is 4.90 Å². The molecule has 0 aromatic rings. The molecule has 17 heavy (non-hydrogen) atoms. The number of Topliss-reactive ketones (excluding diaryl/α,β-unsaturated/α-hetero) is 1. The molecule has 0 saturated carbocycles. The Morgan fingerprint density at radius 3 is 2.00 bits per heavy atom. The van der Waals surface area contributed by atoms with E-state index < -0.39 is 23.5 Å². The lowest BCUT2D eigenvalue weighted by Crippen LogP contribution is -2.31. The van der Waals surface area contributed by atoms with Crippen LogP contribution in [0.2, 0.25) is 0 Å². The molecule has 0 unspecified atom stereocenters. The molecule has 0 radical (unpaired) electrons. The Hall–Kier alpha value is -1.53. The molecule has 7 heteroatoms. The van der Waals surface area contributed by atoms with Gasteiger partial charge in [-0.25, -0.2) is 4.79 Å². The zero-order chi connectivity index (χ0) is 13.6. The molecule has 4 nitrogen and oxygen atoms in total. The summed E-state index contributed by atoms with van der Waals surface area (Å²) in [7, 11) is 0.919. The SMILES string of the molecule is CCN(C=C(C(=O)OC)C(=O)C(F)(F)F)CC. The summed E-state index contributed by atoms with van der Waals surface area (Å²) in [6.45, 7) is 4.13. The Balaban J connectivity index is 5.29. The van der Waals surface area contributed by atoms with Gasteiger partial charge in [-0.2, -0.15) is 13.2 Å². The number of carbonyl (C=O) groups is 2. The summed E-state index contributed by atoms with van der Waals surface area (Å²) in [6, 6.07) is 0. The summed E-state index contributed by atoms with van der Waals surface area (Å²) in [5, 5.41) is 0. The van der Waals surface area contributed by atoms with Crippen LogP contribution >= 0.6 is 0 Å². The number of nitrogens with zero attached hydrogens (tertiary/aromatic N) is 1. The summed E-state index contributed by atoms with van der Waals surface area (Å²) in [4.78, 5) is 23.5. The second kappa shape index (κ2) is 6.27. The fraction of sp³-hybridized carbons (Fsp3) is 0.600. The predicted molar refractivity (Wildman–Crippen MR) is 54.1 cm³/mol. The molecular weight excluding hydrogens is 239 g/mol. The number of hydrogen-bond acceptors (Lipinski definition) is 4. The smallest absolute Gasteiger partial charge is 0.455 e. The van der Waals surface area contributed by atoms with Crippen LogP contribution in [-0.2, 0) is 14.3 Å². The lowest BCUT2D eigenvalue weighted by molar-refractivity contribution is -0.168. The summed E-state index contributed by atoms with van der Waals surface area (Å²) in [6.07, 6.45) is -4.21. The summed E-state index contributed by atoms with van der Waals surface area (Å²) < 4.78 is 40.9. The van der Waals surface area contributed by atoms with Crippen LogP contribution in [0.15, 0.2) is 11.8 Å². The fourth-order valence-corrected chi connectivity index (χ4v) is 1.06. The molecular formula is C10H14F3NO3. The van der Waals surface area contributed by atoms with Crippen molar-refractivity contribution in [1.82, 2.24) is 4.90 Å². The largest absolute Gasteiger partial charge is 0.465 e. The minimum Gasteiger partial charge on any atom is -0.465 e. The molecule has 0 fully saturated rings. The summed E-state index contributed by atoms with van der Waals surface area (Å²) >= 11 is 0. The van der Waals surface area contributed by atoms with E-state index in [1.807, 2.05) is 0 Å². The third-order valence-electron chi connectivity index (χ3n) is 2.03. The maximum Gasteiger partial charge on any atom is 0.455 e. The van der Waals surface area contributed by atoms with Crippen molar-refractivity contribution in [1.29, 1.82) is 0 Å². The number of ketones is 1. The zero-order valence-corrected chi connectivity index (χ0v) is 9.80. The Kier molecular flexibility index (Phi) is 5.70. The third kappa shape index (κ3) is 4.46. The maximum atomic E-state index is 12.2. The molecule has 0 rings (SSSR count). The second-order valence-corrected chi connectivity index (χ2v) is 3.08. The van der Waals surface area contributed by atoms with E-state index in [4.69, 9.17) is 0 Å². The zero-order valence-electron chi connectivity index (χ0n) is 9.80. The van der Waals surface area contributed by atoms with Crippen LogP contribution in [0.3, 0.4) is 0 Å². The van der Waals surface area contributed by atoms with E-state index in [-0.39, 0.29) is 0 Å². The van der Waals surface area contributed by atoms with Crippen molar-refractivity contribution in [3.8, 4) is 0 Å². The van der Waals surface area contributed by atoms with Crippen molar-refractivity contribution in [3.63, 3.8) is 0 Å². The van der Waals surface area contributed by atoms with Gasteiger partial charge in [0.05, 0.1) is 7.11 Å². The minimum atomic E-state index is -5.09. The second-order valence-electron chi connectivity index (χ2n) is 3.08. The molecule has 0 aliphatic rings. The molecule has 0 amide bonds. The number of halogens is 3.